The summed E-state index contributed by atoms with van der Waals surface area (Å²) in [5, 5.41) is 52.8. The summed E-state index contributed by atoms with van der Waals surface area (Å²) in [7, 11) is 0. The quantitative estimate of drug-likeness (QED) is 0.397. The van der Waals surface area contributed by atoms with Gasteiger partial charge < -0.3 is 35.0 Å². The fourth-order valence-corrected chi connectivity index (χ4v) is 2.33. The van der Waals surface area contributed by atoms with Crippen LogP contribution in [-0.4, -0.2) is 72.3 Å². The third-order valence-electron chi connectivity index (χ3n) is 3.57. The Balaban J connectivity index is 2.20. The molecule has 9 nitrogen and oxygen atoms in total. The van der Waals surface area contributed by atoms with Crippen molar-refractivity contribution in [2.45, 2.75) is 57.2 Å². The summed E-state index contributed by atoms with van der Waals surface area (Å²) < 4.78 is 11.8. The van der Waals surface area contributed by atoms with Gasteiger partial charge >= 0.3 is 5.97 Å². The Kier molecular flexibility index (Phi) is 5.05. The van der Waals surface area contributed by atoms with E-state index in [0.717, 1.165) is 12.1 Å². The maximum absolute atomic E-state index is 10.3. The zero-order chi connectivity index (χ0) is 16.5. The van der Waals surface area contributed by atoms with Crippen LogP contribution in [0.5, 0.6) is 5.88 Å². The van der Waals surface area contributed by atoms with Gasteiger partial charge in [0.25, 0.3) is 0 Å². The molecule has 5 N–H and O–H groups in total. The summed E-state index contributed by atoms with van der Waals surface area (Å²) in [6.07, 6.45) is -5.68. The molecule has 1 aliphatic rings. The Morgan fingerprint density at radius 3 is 2.64 bits per heavy atom. The molecule has 9 heteroatoms. The number of aromatic nitrogens is 2. The van der Waals surface area contributed by atoms with Crippen LogP contribution in [0.2, 0.25) is 0 Å². The third-order valence-corrected chi connectivity index (χ3v) is 3.57. The summed E-state index contributed by atoms with van der Waals surface area (Å²) in [6, 6.07) is 1.54. The topological polar surface area (TPSA) is 137 Å². The Labute approximate surface area is 127 Å². The van der Waals surface area contributed by atoms with Crippen LogP contribution in [0.4, 0.5) is 0 Å². The van der Waals surface area contributed by atoms with Gasteiger partial charge in [-0.2, -0.15) is 0 Å². The lowest BCUT2D eigenvalue weighted by molar-refractivity contribution is -0.422. The van der Waals surface area contributed by atoms with Gasteiger partial charge in [0.2, 0.25) is 5.88 Å². The molecule has 5 atom stereocenters. The van der Waals surface area contributed by atoms with E-state index in [2.05, 4.69) is 5.10 Å². The number of hydrogen-bond donors (Lipinski definition) is 5. The van der Waals surface area contributed by atoms with Crippen molar-refractivity contribution < 1.29 is 35.0 Å². The summed E-state index contributed by atoms with van der Waals surface area (Å²) in [6.45, 7) is 3.76. The average molecular weight is 318 g/mol. The fraction of sp³-hybridized carbons (Fsp3) is 0.769. The van der Waals surface area contributed by atoms with Crippen molar-refractivity contribution in [2.75, 3.05) is 6.61 Å². The minimum absolute atomic E-state index is 0.00669. The number of ether oxygens (including phenoxy) is 2. The summed E-state index contributed by atoms with van der Waals surface area (Å²) in [4.78, 5) is 0. The van der Waals surface area contributed by atoms with Gasteiger partial charge in [0.15, 0.2) is 6.10 Å². The number of rotatable bonds is 5. The first-order valence-electron chi connectivity index (χ1n) is 7.11. The van der Waals surface area contributed by atoms with E-state index >= 15 is 0 Å². The molecule has 0 bridgehead atoms. The lowest BCUT2D eigenvalue weighted by atomic mass is 9.98. The number of aryl methyl sites for hydroxylation is 2. The Morgan fingerprint density at radius 2 is 2.05 bits per heavy atom. The first-order valence-corrected chi connectivity index (χ1v) is 7.11. The molecule has 0 radical (unpaired) electrons. The van der Waals surface area contributed by atoms with Gasteiger partial charge in [0.05, 0.1) is 6.61 Å². The zero-order valence-corrected chi connectivity index (χ0v) is 12.5. The molecule has 0 spiro atoms. The van der Waals surface area contributed by atoms with E-state index < -0.39 is 37.0 Å². The first kappa shape index (κ1) is 17.1. The molecule has 1 saturated heterocycles. The van der Waals surface area contributed by atoms with Gasteiger partial charge in [-0.3, -0.25) is 4.68 Å². The molecule has 1 fully saturated rings. The molecular formula is C13H22N2O7. The number of hydrogen-bond acceptors (Lipinski definition) is 8. The van der Waals surface area contributed by atoms with E-state index in [1.165, 1.54) is 6.07 Å². The van der Waals surface area contributed by atoms with Gasteiger partial charge in [0, 0.05) is 18.3 Å². The lowest BCUT2D eigenvalue weighted by Gasteiger charge is -2.43. The van der Waals surface area contributed by atoms with Crippen LogP contribution in [-0.2, 0) is 11.3 Å². The predicted molar refractivity (Wildman–Crippen MR) is 72.8 cm³/mol. The summed E-state index contributed by atoms with van der Waals surface area (Å²) >= 11 is 0. The molecule has 1 aromatic heterocycles. The Hall–Kier alpha value is -1.23. The van der Waals surface area contributed by atoms with Crippen LogP contribution in [0.1, 0.15) is 19.0 Å². The minimum atomic E-state index is -2.62. The molecule has 0 aromatic carbocycles. The molecule has 2 heterocycles. The van der Waals surface area contributed by atoms with Crippen molar-refractivity contribution in [3.63, 3.8) is 0 Å². The minimum Gasteiger partial charge on any atom is -0.418 e. The highest BCUT2D eigenvalue weighted by Crippen LogP contribution is 2.30. The van der Waals surface area contributed by atoms with Gasteiger partial charge in [0.1, 0.15) is 18.3 Å². The van der Waals surface area contributed by atoms with E-state index in [4.69, 9.17) is 14.6 Å². The highest BCUT2D eigenvalue weighted by molar-refractivity contribution is 5.15. The van der Waals surface area contributed by atoms with Crippen LogP contribution in [0, 0.1) is 6.92 Å². The lowest BCUT2D eigenvalue weighted by Crippen LogP contribution is -2.67. The molecule has 1 aromatic rings. The van der Waals surface area contributed by atoms with E-state index in [1.807, 2.05) is 6.92 Å². The molecule has 0 unspecified atom stereocenters. The number of nitrogens with zero attached hydrogens (tertiary/aromatic N) is 2. The van der Waals surface area contributed by atoms with Gasteiger partial charge in [-0.25, -0.2) is 0 Å². The van der Waals surface area contributed by atoms with Crippen LogP contribution in [0.15, 0.2) is 6.07 Å². The standard InChI is InChI=1S/C13H22N2O7/c1-3-4-15-7(2)5-9(14-15)22-13(20)12(19)11(18)10(17)8(6-16)21-13/h5,8,10-12,16-20H,3-4,6H2,1-2H3/t8-,10-,11+,12-,13+/m1/s1. The molecule has 1 aliphatic heterocycles. The van der Waals surface area contributed by atoms with Crippen LogP contribution in [0.3, 0.4) is 0 Å². The predicted octanol–water partition coefficient (Wildman–Crippen LogP) is -1.90. The molecule has 126 valence electrons. The van der Waals surface area contributed by atoms with Crippen LogP contribution < -0.4 is 4.74 Å². The van der Waals surface area contributed by atoms with Crippen molar-refractivity contribution >= 4 is 0 Å². The molecule has 22 heavy (non-hydrogen) atoms. The van der Waals surface area contributed by atoms with Crippen molar-refractivity contribution in [1.82, 2.24) is 9.78 Å². The molecule has 0 saturated carbocycles. The van der Waals surface area contributed by atoms with E-state index in [1.54, 1.807) is 11.6 Å². The second-order valence-corrected chi connectivity index (χ2v) is 5.34. The highest BCUT2D eigenvalue weighted by atomic mass is 16.8. The zero-order valence-electron chi connectivity index (χ0n) is 12.5. The third kappa shape index (κ3) is 3.09. The SMILES string of the molecule is CCCn1nc(O[C@@]2(O)O[C@H](CO)[C@@H](O)[C@H](O)[C@H]2O)cc1C. The maximum atomic E-state index is 10.3. The molecule has 0 amide bonds. The van der Waals surface area contributed by atoms with Gasteiger partial charge in [-0.05, 0) is 13.3 Å². The van der Waals surface area contributed by atoms with Crippen molar-refractivity contribution in [3.05, 3.63) is 11.8 Å². The maximum Gasteiger partial charge on any atom is 0.356 e. The van der Waals surface area contributed by atoms with Crippen LogP contribution >= 0.6 is 0 Å². The monoisotopic (exact) mass is 318 g/mol. The van der Waals surface area contributed by atoms with Gasteiger partial charge in [-0.1, -0.05) is 6.92 Å². The van der Waals surface area contributed by atoms with E-state index in [9.17, 15) is 20.4 Å². The average Bonchev–Trinajstić information content (AvgIpc) is 2.81. The van der Waals surface area contributed by atoms with Crippen LogP contribution in [0.25, 0.3) is 0 Å². The molecule has 0 aliphatic carbocycles. The molecular weight excluding hydrogens is 296 g/mol. The fourth-order valence-electron chi connectivity index (χ4n) is 2.33. The van der Waals surface area contributed by atoms with Crippen molar-refractivity contribution in [2.24, 2.45) is 0 Å². The normalized spacial score (nSPS) is 35.6. The van der Waals surface area contributed by atoms with Crippen molar-refractivity contribution in [1.29, 1.82) is 0 Å². The smallest absolute Gasteiger partial charge is 0.356 e. The van der Waals surface area contributed by atoms with E-state index in [0.29, 0.717) is 6.54 Å². The first-order chi connectivity index (χ1) is 10.3. The second-order valence-electron chi connectivity index (χ2n) is 5.34. The number of aliphatic hydroxyl groups excluding tert-OH is 4. The largest absolute Gasteiger partial charge is 0.418 e. The second kappa shape index (κ2) is 6.49. The molecule has 2 rings (SSSR count). The highest BCUT2D eigenvalue weighted by Gasteiger charge is 2.55. The Bertz CT molecular complexity index is 507. The van der Waals surface area contributed by atoms with Gasteiger partial charge in [-0.15, -0.1) is 5.10 Å². The number of aliphatic hydroxyl groups is 5. The van der Waals surface area contributed by atoms with E-state index in [-0.39, 0.29) is 5.88 Å². The summed E-state index contributed by atoms with van der Waals surface area (Å²) in [5.41, 5.74) is 0.782. The summed E-state index contributed by atoms with van der Waals surface area (Å²) in [5.74, 6) is -2.63. The van der Waals surface area contributed by atoms with Crippen molar-refractivity contribution in [3.8, 4) is 5.88 Å². The Morgan fingerprint density at radius 1 is 1.36 bits per heavy atom.